The Balaban J connectivity index is 2.08. The average molecular weight is 255 g/mol. The SMILES string of the molecule is Cc1cccc(N2CCC(Br)CC2)n1. The molecule has 0 N–H and O–H groups in total. The molecule has 76 valence electrons. The largest absolute Gasteiger partial charge is 0.357 e. The van der Waals surface area contributed by atoms with Gasteiger partial charge in [-0.05, 0) is 31.9 Å². The molecule has 0 radical (unpaired) electrons. The Kier molecular flexibility index (Phi) is 3.06. The fraction of sp³-hybridized carbons (Fsp3) is 0.545. The Morgan fingerprint density at radius 2 is 2.07 bits per heavy atom. The van der Waals surface area contributed by atoms with Crippen LogP contribution in [0.2, 0.25) is 0 Å². The van der Waals surface area contributed by atoms with Crippen molar-refractivity contribution < 1.29 is 0 Å². The third-order valence-corrected chi connectivity index (χ3v) is 3.54. The van der Waals surface area contributed by atoms with Crippen LogP contribution in [-0.4, -0.2) is 22.9 Å². The zero-order chi connectivity index (χ0) is 9.97. The first kappa shape index (κ1) is 9.97. The number of hydrogen-bond donors (Lipinski definition) is 0. The molecule has 0 spiro atoms. The van der Waals surface area contributed by atoms with Crippen molar-refractivity contribution in [2.24, 2.45) is 0 Å². The molecule has 1 fully saturated rings. The number of halogens is 1. The van der Waals surface area contributed by atoms with Gasteiger partial charge in [0.2, 0.25) is 0 Å². The lowest BCUT2D eigenvalue weighted by atomic mass is 10.1. The second kappa shape index (κ2) is 4.30. The third-order valence-electron chi connectivity index (χ3n) is 2.62. The van der Waals surface area contributed by atoms with Crippen LogP contribution >= 0.6 is 15.9 Å². The fourth-order valence-electron chi connectivity index (χ4n) is 1.78. The van der Waals surface area contributed by atoms with Crippen LogP contribution < -0.4 is 4.90 Å². The van der Waals surface area contributed by atoms with Crippen LogP contribution in [0.25, 0.3) is 0 Å². The van der Waals surface area contributed by atoms with Crippen LogP contribution in [0, 0.1) is 6.92 Å². The summed E-state index contributed by atoms with van der Waals surface area (Å²) >= 11 is 3.66. The predicted molar refractivity (Wildman–Crippen MR) is 63.1 cm³/mol. The van der Waals surface area contributed by atoms with E-state index in [1.54, 1.807) is 0 Å². The first-order valence-electron chi connectivity index (χ1n) is 5.08. The number of aryl methyl sites for hydroxylation is 1. The van der Waals surface area contributed by atoms with Gasteiger partial charge in [-0.15, -0.1) is 0 Å². The molecule has 3 heteroatoms. The number of aromatic nitrogens is 1. The van der Waals surface area contributed by atoms with Crippen LogP contribution in [0.5, 0.6) is 0 Å². The number of anilines is 1. The Morgan fingerprint density at radius 3 is 2.71 bits per heavy atom. The number of hydrogen-bond acceptors (Lipinski definition) is 2. The summed E-state index contributed by atoms with van der Waals surface area (Å²) in [5.41, 5.74) is 1.10. The maximum Gasteiger partial charge on any atom is 0.128 e. The molecule has 2 nitrogen and oxygen atoms in total. The molecule has 14 heavy (non-hydrogen) atoms. The molecular weight excluding hydrogens is 240 g/mol. The van der Waals surface area contributed by atoms with E-state index in [0.717, 1.165) is 24.6 Å². The van der Waals surface area contributed by atoms with Gasteiger partial charge in [-0.1, -0.05) is 22.0 Å². The number of piperidine rings is 1. The molecule has 0 aliphatic carbocycles. The second-order valence-corrected chi connectivity index (χ2v) is 5.09. The van der Waals surface area contributed by atoms with E-state index in [1.165, 1.54) is 12.8 Å². The van der Waals surface area contributed by atoms with E-state index in [1.807, 2.05) is 13.0 Å². The molecule has 2 rings (SSSR count). The van der Waals surface area contributed by atoms with Crippen molar-refractivity contribution >= 4 is 21.7 Å². The standard InChI is InChI=1S/C11H15BrN2/c1-9-3-2-4-11(13-9)14-7-5-10(12)6-8-14/h2-4,10H,5-8H2,1H3. The van der Waals surface area contributed by atoms with Crippen LogP contribution in [0.1, 0.15) is 18.5 Å². The lowest BCUT2D eigenvalue weighted by Crippen LogP contribution is -2.34. The number of pyridine rings is 1. The van der Waals surface area contributed by atoms with Crippen LogP contribution in [0.4, 0.5) is 5.82 Å². The molecule has 1 aromatic heterocycles. The van der Waals surface area contributed by atoms with E-state index in [2.05, 4.69) is 37.9 Å². The fourth-order valence-corrected chi connectivity index (χ4v) is 2.19. The van der Waals surface area contributed by atoms with Gasteiger partial charge in [-0.3, -0.25) is 0 Å². The molecule has 2 heterocycles. The first-order valence-corrected chi connectivity index (χ1v) is 6.00. The normalized spacial score (nSPS) is 18.6. The summed E-state index contributed by atoms with van der Waals surface area (Å²) in [7, 11) is 0. The Labute approximate surface area is 93.5 Å². The molecule has 1 aliphatic rings. The summed E-state index contributed by atoms with van der Waals surface area (Å²) in [6.45, 7) is 4.28. The monoisotopic (exact) mass is 254 g/mol. The maximum atomic E-state index is 4.53. The molecule has 1 saturated heterocycles. The molecule has 0 atom stereocenters. The minimum atomic E-state index is 0.698. The molecule has 0 amide bonds. The summed E-state index contributed by atoms with van der Waals surface area (Å²) in [5.74, 6) is 1.13. The van der Waals surface area contributed by atoms with Gasteiger partial charge in [0, 0.05) is 23.6 Å². The van der Waals surface area contributed by atoms with E-state index in [9.17, 15) is 0 Å². The summed E-state index contributed by atoms with van der Waals surface area (Å²) in [5, 5.41) is 0. The first-order chi connectivity index (χ1) is 6.75. The Morgan fingerprint density at radius 1 is 1.36 bits per heavy atom. The van der Waals surface area contributed by atoms with E-state index < -0.39 is 0 Å². The topological polar surface area (TPSA) is 16.1 Å². The molecule has 0 bridgehead atoms. The lowest BCUT2D eigenvalue weighted by Gasteiger charge is -2.30. The van der Waals surface area contributed by atoms with Crippen molar-refractivity contribution in [3.8, 4) is 0 Å². The second-order valence-electron chi connectivity index (χ2n) is 3.80. The Hall–Kier alpha value is -0.570. The molecule has 1 aromatic rings. The van der Waals surface area contributed by atoms with Gasteiger partial charge >= 0.3 is 0 Å². The molecule has 0 unspecified atom stereocenters. The third kappa shape index (κ3) is 2.27. The van der Waals surface area contributed by atoms with E-state index in [0.29, 0.717) is 4.83 Å². The van der Waals surface area contributed by atoms with Crippen molar-refractivity contribution in [1.82, 2.24) is 4.98 Å². The maximum absolute atomic E-state index is 4.53. The number of alkyl halides is 1. The minimum Gasteiger partial charge on any atom is -0.357 e. The average Bonchev–Trinajstić information content (AvgIpc) is 2.19. The minimum absolute atomic E-state index is 0.698. The van der Waals surface area contributed by atoms with Gasteiger partial charge in [-0.25, -0.2) is 4.98 Å². The van der Waals surface area contributed by atoms with Crippen molar-refractivity contribution in [1.29, 1.82) is 0 Å². The van der Waals surface area contributed by atoms with Crippen LogP contribution in [-0.2, 0) is 0 Å². The van der Waals surface area contributed by atoms with Crippen molar-refractivity contribution in [3.05, 3.63) is 23.9 Å². The molecule has 1 aliphatic heterocycles. The lowest BCUT2D eigenvalue weighted by molar-refractivity contribution is 0.592. The Bertz CT molecular complexity index is 306. The van der Waals surface area contributed by atoms with Gasteiger partial charge in [0.25, 0.3) is 0 Å². The summed E-state index contributed by atoms with van der Waals surface area (Å²) in [4.78, 5) is 7.60. The highest BCUT2D eigenvalue weighted by Crippen LogP contribution is 2.21. The van der Waals surface area contributed by atoms with Crippen LogP contribution in [0.3, 0.4) is 0 Å². The summed E-state index contributed by atoms with van der Waals surface area (Å²) in [6.07, 6.45) is 2.44. The zero-order valence-corrected chi connectivity index (χ0v) is 10.00. The van der Waals surface area contributed by atoms with Crippen molar-refractivity contribution in [3.63, 3.8) is 0 Å². The van der Waals surface area contributed by atoms with E-state index >= 15 is 0 Å². The van der Waals surface area contributed by atoms with E-state index in [4.69, 9.17) is 0 Å². The number of nitrogens with zero attached hydrogens (tertiary/aromatic N) is 2. The summed E-state index contributed by atoms with van der Waals surface area (Å²) < 4.78 is 0. The van der Waals surface area contributed by atoms with Gasteiger partial charge < -0.3 is 4.90 Å². The van der Waals surface area contributed by atoms with E-state index in [-0.39, 0.29) is 0 Å². The van der Waals surface area contributed by atoms with Gasteiger partial charge in [0.15, 0.2) is 0 Å². The predicted octanol–water partition coefficient (Wildman–Crippen LogP) is 2.75. The molecule has 0 saturated carbocycles. The quantitative estimate of drug-likeness (QED) is 0.717. The van der Waals surface area contributed by atoms with Gasteiger partial charge in [0.05, 0.1) is 0 Å². The zero-order valence-electron chi connectivity index (χ0n) is 8.41. The smallest absolute Gasteiger partial charge is 0.128 e. The molecular formula is C11H15BrN2. The van der Waals surface area contributed by atoms with Crippen LogP contribution in [0.15, 0.2) is 18.2 Å². The summed E-state index contributed by atoms with van der Waals surface area (Å²) in [6, 6.07) is 6.22. The van der Waals surface area contributed by atoms with Gasteiger partial charge in [-0.2, -0.15) is 0 Å². The van der Waals surface area contributed by atoms with Crippen molar-refractivity contribution in [2.75, 3.05) is 18.0 Å². The number of rotatable bonds is 1. The van der Waals surface area contributed by atoms with Crippen molar-refractivity contribution in [2.45, 2.75) is 24.6 Å². The highest BCUT2D eigenvalue weighted by atomic mass is 79.9. The highest BCUT2D eigenvalue weighted by molar-refractivity contribution is 9.09. The molecule has 0 aromatic carbocycles. The van der Waals surface area contributed by atoms with Gasteiger partial charge in [0.1, 0.15) is 5.82 Å². The highest BCUT2D eigenvalue weighted by Gasteiger charge is 2.17.